The monoisotopic (exact) mass is 205 g/mol. The van der Waals surface area contributed by atoms with Gasteiger partial charge in [0.2, 0.25) is 5.91 Å². The molecular weight excluding hydrogens is 190 g/mol. The van der Waals surface area contributed by atoms with Crippen LogP contribution in [0.2, 0.25) is 0 Å². The zero-order valence-electron chi connectivity index (χ0n) is 7.78. The molecule has 0 aromatic heterocycles. The summed E-state index contributed by atoms with van der Waals surface area (Å²) in [5, 5.41) is 11.0. The fraction of sp³-hybridized carbons (Fsp3) is 0.750. The minimum absolute atomic E-state index is 0.110. The number of carbonyl (C=O) groups excluding carboxylic acids is 1. The van der Waals surface area contributed by atoms with Crippen molar-refractivity contribution in [1.29, 1.82) is 0 Å². The van der Waals surface area contributed by atoms with Crippen LogP contribution in [0.4, 0.5) is 0 Å². The van der Waals surface area contributed by atoms with Crippen molar-refractivity contribution >= 4 is 24.5 Å². The van der Waals surface area contributed by atoms with Gasteiger partial charge in [0.1, 0.15) is 6.04 Å². The van der Waals surface area contributed by atoms with E-state index < -0.39 is 12.0 Å². The van der Waals surface area contributed by atoms with Crippen molar-refractivity contribution < 1.29 is 14.7 Å². The third-order valence-corrected chi connectivity index (χ3v) is 1.77. The summed E-state index contributed by atoms with van der Waals surface area (Å²) in [5.74, 6) is -0.947. The van der Waals surface area contributed by atoms with E-state index in [1.807, 2.05) is 13.8 Å². The van der Waals surface area contributed by atoms with Crippen LogP contribution < -0.4 is 5.32 Å². The third-order valence-electron chi connectivity index (χ3n) is 1.41. The van der Waals surface area contributed by atoms with Gasteiger partial charge in [0, 0.05) is 12.2 Å². The van der Waals surface area contributed by atoms with Crippen LogP contribution in [0.1, 0.15) is 20.3 Å². The lowest BCUT2D eigenvalue weighted by molar-refractivity contribution is -0.141. The molecule has 2 N–H and O–H groups in total. The van der Waals surface area contributed by atoms with Gasteiger partial charge in [-0.3, -0.25) is 4.79 Å². The van der Waals surface area contributed by atoms with Crippen molar-refractivity contribution in [3.8, 4) is 0 Å². The number of carbonyl (C=O) groups is 2. The molecule has 0 radical (unpaired) electrons. The first-order chi connectivity index (χ1) is 5.97. The van der Waals surface area contributed by atoms with Gasteiger partial charge in [0.05, 0.1) is 0 Å². The largest absolute Gasteiger partial charge is 0.480 e. The molecule has 0 fully saturated rings. The Morgan fingerprint density at radius 1 is 1.46 bits per heavy atom. The van der Waals surface area contributed by atoms with Gasteiger partial charge in [0.25, 0.3) is 0 Å². The number of rotatable bonds is 5. The summed E-state index contributed by atoms with van der Waals surface area (Å²) in [7, 11) is 0. The Hall–Kier alpha value is -0.710. The number of amides is 1. The van der Waals surface area contributed by atoms with Crippen LogP contribution in [0, 0.1) is 5.92 Å². The molecule has 13 heavy (non-hydrogen) atoms. The predicted octanol–water partition coefficient (Wildman–Crippen LogP) is 0.532. The smallest absolute Gasteiger partial charge is 0.327 e. The van der Waals surface area contributed by atoms with E-state index in [0.29, 0.717) is 6.42 Å². The molecule has 0 aliphatic heterocycles. The van der Waals surface area contributed by atoms with E-state index in [9.17, 15) is 9.59 Å². The molecule has 0 aromatic rings. The lowest BCUT2D eigenvalue weighted by atomic mass is 10.1. The first-order valence-electron chi connectivity index (χ1n) is 4.10. The zero-order valence-corrected chi connectivity index (χ0v) is 8.67. The van der Waals surface area contributed by atoms with Gasteiger partial charge in [-0.05, 0) is 5.92 Å². The summed E-state index contributed by atoms with van der Waals surface area (Å²) < 4.78 is 0. The highest BCUT2D eigenvalue weighted by molar-refractivity contribution is 7.80. The predicted molar refractivity (Wildman–Crippen MR) is 52.9 cm³/mol. The molecule has 0 saturated carbocycles. The number of carboxylic acid groups (broad SMARTS) is 1. The van der Waals surface area contributed by atoms with E-state index in [-0.39, 0.29) is 17.6 Å². The molecule has 0 aromatic carbocycles. The van der Waals surface area contributed by atoms with Crippen molar-refractivity contribution in [3.05, 3.63) is 0 Å². The summed E-state index contributed by atoms with van der Waals surface area (Å²) in [6.45, 7) is 3.80. The van der Waals surface area contributed by atoms with Crippen molar-refractivity contribution in [1.82, 2.24) is 5.32 Å². The molecule has 0 unspecified atom stereocenters. The van der Waals surface area contributed by atoms with Gasteiger partial charge in [-0.25, -0.2) is 4.79 Å². The van der Waals surface area contributed by atoms with Gasteiger partial charge in [-0.1, -0.05) is 13.8 Å². The second-order valence-electron chi connectivity index (χ2n) is 3.24. The van der Waals surface area contributed by atoms with Crippen molar-refractivity contribution in [3.63, 3.8) is 0 Å². The van der Waals surface area contributed by atoms with Crippen LogP contribution in [0.25, 0.3) is 0 Å². The van der Waals surface area contributed by atoms with E-state index in [1.165, 1.54) is 0 Å². The van der Waals surface area contributed by atoms with Crippen LogP contribution in [0.5, 0.6) is 0 Å². The Balaban J connectivity index is 3.94. The first kappa shape index (κ1) is 12.3. The molecule has 0 heterocycles. The third kappa shape index (κ3) is 5.52. The fourth-order valence-corrected chi connectivity index (χ4v) is 1.06. The molecule has 0 aliphatic rings. The molecule has 0 spiro atoms. The van der Waals surface area contributed by atoms with E-state index >= 15 is 0 Å². The lowest BCUT2D eigenvalue weighted by Crippen LogP contribution is -2.42. The maximum Gasteiger partial charge on any atom is 0.327 e. The Morgan fingerprint density at radius 2 is 2.00 bits per heavy atom. The van der Waals surface area contributed by atoms with Crippen molar-refractivity contribution in [2.24, 2.45) is 5.92 Å². The van der Waals surface area contributed by atoms with Crippen LogP contribution >= 0.6 is 12.6 Å². The summed E-state index contributed by atoms with van der Waals surface area (Å²) in [4.78, 5) is 21.6. The standard InChI is InChI=1S/C8H15NO3S/c1-5(2)3-7(10)9-6(4-13)8(11)12/h5-6,13H,3-4H2,1-2H3,(H,9,10)(H,11,12)/t6-/m0/s1. The maximum absolute atomic E-state index is 11.1. The molecular formula is C8H15NO3S. The van der Waals surface area contributed by atoms with Crippen molar-refractivity contribution in [2.45, 2.75) is 26.3 Å². The van der Waals surface area contributed by atoms with Gasteiger partial charge in [-0.15, -0.1) is 0 Å². The van der Waals surface area contributed by atoms with E-state index in [0.717, 1.165) is 0 Å². The molecule has 4 nitrogen and oxygen atoms in total. The van der Waals surface area contributed by atoms with Crippen LogP contribution in [-0.4, -0.2) is 28.8 Å². The highest BCUT2D eigenvalue weighted by Crippen LogP contribution is 1.99. The van der Waals surface area contributed by atoms with Crippen LogP contribution in [-0.2, 0) is 9.59 Å². The molecule has 0 rings (SSSR count). The molecule has 76 valence electrons. The zero-order chi connectivity index (χ0) is 10.4. The normalized spacial score (nSPS) is 12.6. The van der Waals surface area contributed by atoms with Crippen molar-refractivity contribution in [2.75, 3.05) is 5.75 Å². The topological polar surface area (TPSA) is 66.4 Å². The molecule has 5 heteroatoms. The van der Waals surface area contributed by atoms with Gasteiger partial charge in [0.15, 0.2) is 0 Å². The van der Waals surface area contributed by atoms with Gasteiger partial charge in [-0.2, -0.15) is 12.6 Å². The summed E-state index contributed by atoms with van der Waals surface area (Å²) in [6.07, 6.45) is 0.345. The van der Waals surface area contributed by atoms with Crippen LogP contribution in [0.15, 0.2) is 0 Å². The molecule has 1 amide bonds. The van der Waals surface area contributed by atoms with Crippen LogP contribution in [0.3, 0.4) is 0 Å². The molecule has 0 aliphatic carbocycles. The SMILES string of the molecule is CC(C)CC(=O)N[C@@H](CS)C(=O)O. The molecule has 1 atom stereocenters. The minimum Gasteiger partial charge on any atom is -0.480 e. The number of nitrogens with one attached hydrogen (secondary N) is 1. The van der Waals surface area contributed by atoms with E-state index in [4.69, 9.17) is 5.11 Å². The Labute approximate surface area is 83.1 Å². The van der Waals surface area contributed by atoms with Gasteiger partial charge < -0.3 is 10.4 Å². The fourth-order valence-electron chi connectivity index (χ4n) is 0.810. The number of aliphatic carboxylic acids is 1. The summed E-state index contributed by atoms with van der Waals surface area (Å²) in [5.41, 5.74) is 0. The minimum atomic E-state index is -1.05. The average Bonchev–Trinajstić information content (AvgIpc) is 1.98. The highest BCUT2D eigenvalue weighted by Gasteiger charge is 2.17. The second kappa shape index (κ2) is 5.85. The van der Waals surface area contributed by atoms with E-state index in [2.05, 4.69) is 17.9 Å². The second-order valence-corrected chi connectivity index (χ2v) is 3.60. The maximum atomic E-state index is 11.1. The Morgan fingerprint density at radius 3 is 2.31 bits per heavy atom. The Bertz CT molecular complexity index is 194. The average molecular weight is 205 g/mol. The molecule has 0 bridgehead atoms. The first-order valence-corrected chi connectivity index (χ1v) is 4.73. The van der Waals surface area contributed by atoms with Gasteiger partial charge >= 0.3 is 5.97 Å². The summed E-state index contributed by atoms with van der Waals surface area (Å²) >= 11 is 3.82. The van der Waals surface area contributed by atoms with E-state index in [1.54, 1.807) is 0 Å². The Kier molecular flexibility index (Phi) is 5.53. The quantitative estimate of drug-likeness (QED) is 0.574. The molecule has 0 saturated heterocycles. The number of hydrogen-bond acceptors (Lipinski definition) is 3. The lowest BCUT2D eigenvalue weighted by Gasteiger charge is -2.12. The number of thiol groups is 1. The summed E-state index contributed by atoms with van der Waals surface area (Å²) in [6, 6.07) is -0.880. The number of hydrogen-bond donors (Lipinski definition) is 3. The highest BCUT2D eigenvalue weighted by atomic mass is 32.1. The number of carboxylic acids is 1.